The zero-order valence-electron chi connectivity index (χ0n) is 11.5. The minimum atomic E-state index is 0. The van der Waals surface area contributed by atoms with Crippen molar-refractivity contribution < 1.29 is 23.3 Å². The van der Waals surface area contributed by atoms with E-state index in [9.17, 15) is 0 Å². The second kappa shape index (κ2) is 5.37. The number of rotatable bonds is 2. The van der Waals surface area contributed by atoms with Crippen LogP contribution in [0.5, 0.6) is 11.5 Å². The predicted molar refractivity (Wildman–Crippen MR) is 67.7 cm³/mol. The van der Waals surface area contributed by atoms with E-state index in [2.05, 4.69) is 12.1 Å². The molecule has 100 valence electrons. The third kappa shape index (κ3) is 2.17. The zero-order valence-corrected chi connectivity index (χ0v) is 11.2. The molecule has 0 spiro atoms. The van der Waals surface area contributed by atoms with Gasteiger partial charge in [0.15, 0.2) is 11.5 Å². The molecule has 0 saturated heterocycles. The van der Waals surface area contributed by atoms with Gasteiger partial charge in [0.05, 0.1) is 0 Å². The van der Waals surface area contributed by atoms with Gasteiger partial charge in [0.25, 0.3) is 0 Å². The van der Waals surface area contributed by atoms with Crippen molar-refractivity contribution >= 4 is 0 Å². The van der Waals surface area contributed by atoms with Gasteiger partial charge in [-0.3, -0.25) is 0 Å². The summed E-state index contributed by atoms with van der Waals surface area (Å²) >= 11 is 0. The van der Waals surface area contributed by atoms with Gasteiger partial charge in [-0.15, -0.1) is 0 Å². The van der Waals surface area contributed by atoms with E-state index in [1.54, 1.807) is 0 Å². The molecule has 1 fully saturated rings. The highest BCUT2D eigenvalue weighted by Crippen LogP contribution is 2.43. The number of benzene rings is 1. The first-order valence-corrected chi connectivity index (χ1v) is 6.44. The molecule has 1 aliphatic heterocycles. The Morgan fingerprint density at radius 3 is 2.44 bits per heavy atom. The standard InChI is InChI=1S/C14H19NO2.ClH/c15-10-14(5-1-2-6-14)11-3-4-12-13(9-11)17-8-7-16-12;/h3-4,9H,1-2,5-8,10,15H2;1H. The van der Waals surface area contributed by atoms with Crippen molar-refractivity contribution in [1.82, 2.24) is 0 Å². The first kappa shape index (κ1) is 13.5. The van der Waals surface area contributed by atoms with E-state index in [1.807, 2.05) is 6.07 Å². The van der Waals surface area contributed by atoms with Crippen LogP contribution in [0.1, 0.15) is 32.7 Å². The van der Waals surface area contributed by atoms with Gasteiger partial charge in [-0.25, -0.2) is 0 Å². The molecule has 18 heavy (non-hydrogen) atoms. The van der Waals surface area contributed by atoms with E-state index in [4.69, 9.17) is 15.2 Å². The summed E-state index contributed by atoms with van der Waals surface area (Å²) in [6.45, 7) is 2.02. The smallest absolute Gasteiger partial charge is 1.00 e. The van der Waals surface area contributed by atoms with Crippen LogP contribution in [0.25, 0.3) is 0 Å². The Morgan fingerprint density at radius 1 is 1.11 bits per heavy atom. The maximum absolute atomic E-state index is 6.00. The lowest BCUT2D eigenvalue weighted by molar-refractivity contribution is -0.00000419. The van der Waals surface area contributed by atoms with Crippen LogP contribution in [0, 0.1) is 0 Å². The quantitative estimate of drug-likeness (QED) is 0.776. The lowest BCUT2D eigenvalue weighted by Gasteiger charge is -2.29. The van der Waals surface area contributed by atoms with E-state index in [0.29, 0.717) is 13.2 Å². The highest BCUT2D eigenvalue weighted by atomic mass is 35.5. The van der Waals surface area contributed by atoms with Crippen LogP contribution in [-0.2, 0) is 5.41 Å². The Hall–Kier alpha value is -0.930. The van der Waals surface area contributed by atoms with Crippen molar-refractivity contribution in [3.63, 3.8) is 0 Å². The summed E-state index contributed by atoms with van der Waals surface area (Å²) in [4.78, 5) is 0. The Kier molecular flexibility index (Phi) is 4.03. The molecule has 0 aromatic heterocycles. The van der Waals surface area contributed by atoms with Crippen molar-refractivity contribution in [1.29, 1.82) is 0 Å². The van der Waals surface area contributed by atoms with E-state index >= 15 is 0 Å². The van der Waals surface area contributed by atoms with Crippen LogP contribution in [0.4, 0.5) is 0 Å². The number of fused-ring (bicyclic) bond motifs is 1. The van der Waals surface area contributed by atoms with Crippen LogP contribution < -0.4 is 27.6 Å². The molecule has 2 N–H and O–H groups in total. The van der Waals surface area contributed by atoms with Crippen molar-refractivity contribution in [2.75, 3.05) is 19.8 Å². The molecular formula is C14H20ClNO2. The molecule has 1 aromatic carbocycles. The van der Waals surface area contributed by atoms with Crippen molar-refractivity contribution in [3.8, 4) is 11.5 Å². The van der Waals surface area contributed by atoms with Crippen LogP contribution >= 0.6 is 0 Å². The highest BCUT2D eigenvalue weighted by Gasteiger charge is 2.35. The van der Waals surface area contributed by atoms with Crippen LogP contribution in [0.15, 0.2) is 18.2 Å². The fraction of sp³-hybridized carbons (Fsp3) is 0.571. The third-order valence-corrected chi connectivity index (χ3v) is 4.11. The summed E-state index contributed by atoms with van der Waals surface area (Å²) in [5, 5.41) is 0. The second-order valence-corrected chi connectivity index (χ2v) is 5.05. The zero-order chi connectivity index (χ0) is 11.7. The maximum atomic E-state index is 6.00. The van der Waals surface area contributed by atoms with Crippen LogP contribution in [0.3, 0.4) is 0 Å². The SMILES string of the molecule is NCC1(c2ccc3c(c2)OCCO3)CCCC1.[Cl-].[H+]. The normalized spacial score (nSPS) is 20.3. The van der Waals surface area contributed by atoms with Gasteiger partial charge in [0.2, 0.25) is 0 Å². The highest BCUT2D eigenvalue weighted by molar-refractivity contribution is 5.46. The molecule has 1 saturated carbocycles. The number of hydrogen-bond acceptors (Lipinski definition) is 3. The largest absolute Gasteiger partial charge is 1.00 e. The van der Waals surface area contributed by atoms with E-state index in [1.165, 1.54) is 31.2 Å². The first-order valence-electron chi connectivity index (χ1n) is 6.44. The van der Waals surface area contributed by atoms with E-state index in [0.717, 1.165) is 18.0 Å². The predicted octanol–water partition coefficient (Wildman–Crippen LogP) is -0.655. The van der Waals surface area contributed by atoms with E-state index in [-0.39, 0.29) is 19.2 Å². The molecule has 0 atom stereocenters. The van der Waals surface area contributed by atoms with Gasteiger partial charge in [-0.1, -0.05) is 18.9 Å². The Bertz CT molecular complexity index is 422. The lowest BCUT2D eigenvalue weighted by Crippen LogP contribution is -3.00. The first-order chi connectivity index (χ1) is 8.34. The molecule has 2 aliphatic rings. The summed E-state index contributed by atoms with van der Waals surface area (Å²) in [5.74, 6) is 1.75. The number of halogens is 1. The fourth-order valence-electron chi connectivity index (χ4n) is 3.04. The van der Waals surface area contributed by atoms with Gasteiger partial charge < -0.3 is 27.6 Å². The van der Waals surface area contributed by atoms with Gasteiger partial charge in [-0.05, 0) is 30.5 Å². The average molecular weight is 270 g/mol. The topological polar surface area (TPSA) is 44.5 Å². The second-order valence-electron chi connectivity index (χ2n) is 5.05. The molecule has 0 amide bonds. The van der Waals surface area contributed by atoms with Gasteiger partial charge >= 0.3 is 1.43 Å². The molecule has 1 aliphatic carbocycles. The molecule has 1 aromatic rings. The summed E-state index contributed by atoms with van der Waals surface area (Å²) in [7, 11) is 0. The van der Waals surface area contributed by atoms with E-state index < -0.39 is 0 Å². The molecular weight excluding hydrogens is 250 g/mol. The number of ether oxygens (including phenoxy) is 2. The number of hydrogen-bond donors (Lipinski definition) is 1. The number of nitrogens with two attached hydrogens (primary N) is 1. The third-order valence-electron chi connectivity index (χ3n) is 4.11. The average Bonchev–Trinajstić information content (AvgIpc) is 2.88. The Labute approximate surface area is 116 Å². The van der Waals surface area contributed by atoms with Crippen molar-refractivity contribution in [3.05, 3.63) is 23.8 Å². The minimum Gasteiger partial charge on any atom is -1.00 e. The van der Waals surface area contributed by atoms with Gasteiger partial charge in [0, 0.05) is 12.0 Å². The Balaban J connectivity index is 0.000000902. The molecule has 3 nitrogen and oxygen atoms in total. The maximum Gasteiger partial charge on any atom is 1.00 e. The van der Waals surface area contributed by atoms with Gasteiger partial charge in [0.1, 0.15) is 13.2 Å². The monoisotopic (exact) mass is 269 g/mol. The molecule has 0 radical (unpaired) electrons. The summed E-state index contributed by atoms with van der Waals surface area (Å²) in [6, 6.07) is 6.32. The minimum absolute atomic E-state index is 0. The molecule has 0 unspecified atom stereocenters. The summed E-state index contributed by atoms with van der Waals surface area (Å²) in [6.07, 6.45) is 4.96. The van der Waals surface area contributed by atoms with Crippen LogP contribution in [-0.4, -0.2) is 19.8 Å². The Morgan fingerprint density at radius 2 is 1.78 bits per heavy atom. The summed E-state index contributed by atoms with van der Waals surface area (Å²) in [5.41, 5.74) is 7.50. The van der Waals surface area contributed by atoms with Crippen LogP contribution in [0.2, 0.25) is 0 Å². The van der Waals surface area contributed by atoms with Crippen molar-refractivity contribution in [2.24, 2.45) is 5.73 Å². The summed E-state index contributed by atoms with van der Waals surface area (Å²) < 4.78 is 11.2. The molecule has 4 heteroatoms. The molecule has 3 rings (SSSR count). The lowest BCUT2D eigenvalue weighted by atomic mass is 9.79. The van der Waals surface area contributed by atoms with Gasteiger partial charge in [-0.2, -0.15) is 0 Å². The molecule has 1 heterocycles. The van der Waals surface area contributed by atoms with Crippen molar-refractivity contribution in [2.45, 2.75) is 31.1 Å². The fourth-order valence-corrected chi connectivity index (χ4v) is 3.04. The molecule has 0 bridgehead atoms.